The predicted octanol–water partition coefficient (Wildman–Crippen LogP) is 3.58. The summed E-state index contributed by atoms with van der Waals surface area (Å²) < 4.78 is 14.9. The Hall–Kier alpha value is -2.84. The largest absolute Gasteiger partial charge is 0.369 e. The maximum Gasteiger partial charge on any atom is 0.252 e. The third-order valence-corrected chi connectivity index (χ3v) is 7.25. The van der Waals surface area contributed by atoms with E-state index in [0.29, 0.717) is 13.1 Å². The summed E-state index contributed by atoms with van der Waals surface area (Å²) in [7, 11) is 0. The number of nitrogens with one attached hydrogen (secondary N) is 1. The van der Waals surface area contributed by atoms with Gasteiger partial charge in [0.15, 0.2) is 0 Å². The zero-order valence-corrected chi connectivity index (χ0v) is 20.3. The molecule has 1 N–H and O–H groups in total. The summed E-state index contributed by atoms with van der Waals surface area (Å²) in [5.74, 6) is 0.0604. The van der Waals surface area contributed by atoms with Gasteiger partial charge < -0.3 is 14.8 Å². The van der Waals surface area contributed by atoms with Gasteiger partial charge >= 0.3 is 0 Å². The molecule has 0 aliphatic carbocycles. The average Bonchev–Trinajstić information content (AvgIpc) is 2.86. The molecule has 34 heavy (non-hydrogen) atoms. The minimum atomic E-state index is -0.209. The lowest BCUT2D eigenvalue weighted by molar-refractivity contribution is -0.118. The van der Waals surface area contributed by atoms with Crippen molar-refractivity contribution in [2.24, 2.45) is 0 Å². The van der Waals surface area contributed by atoms with E-state index in [1.807, 2.05) is 43.3 Å². The van der Waals surface area contributed by atoms with E-state index in [-0.39, 0.29) is 23.0 Å². The number of benzene rings is 2. The summed E-state index contributed by atoms with van der Waals surface area (Å²) in [5.41, 5.74) is 1.93. The van der Waals surface area contributed by atoms with E-state index >= 15 is 0 Å². The van der Waals surface area contributed by atoms with Crippen LogP contribution in [0, 0.1) is 5.82 Å². The second kappa shape index (κ2) is 11.5. The predicted molar refractivity (Wildman–Crippen MR) is 137 cm³/mol. The van der Waals surface area contributed by atoms with Crippen LogP contribution in [0.5, 0.6) is 0 Å². The molecule has 1 amide bonds. The Morgan fingerprint density at radius 1 is 1.06 bits per heavy atom. The first kappa shape index (κ1) is 24.3. The highest BCUT2D eigenvalue weighted by Gasteiger charge is 2.17. The van der Waals surface area contributed by atoms with Crippen LogP contribution < -0.4 is 15.8 Å². The quantitative estimate of drug-likeness (QED) is 0.373. The van der Waals surface area contributed by atoms with Gasteiger partial charge in [0, 0.05) is 61.3 Å². The molecule has 0 radical (unpaired) electrons. The average molecular weight is 483 g/mol. The first-order valence-electron chi connectivity index (χ1n) is 11.8. The Morgan fingerprint density at radius 2 is 1.79 bits per heavy atom. The van der Waals surface area contributed by atoms with Gasteiger partial charge in [-0.25, -0.2) is 4.39 Å². The second-order valence-corrected chi connectivity index (χ2v) is 9.42. The molecule has 2 aromatic carbocycles. The SMILES string of the molecule is CCn1c(=O)cc(SCC(=O)NCCCN2CCN(c3ccc(F)cc3)CC2)c2ccccc21. The molecule has 1 aliphatic heterocycles. The monoisotopic (exact) mass is 482 g/mol. The Morgan fingerprint density at radius 3 is 2.53 bits per heavy atom. The summed E-state index contributed by atoms with van der Waals surface area (Å²) in [5, 5.41) is 4.00. The lowest BCUT2D eigenvalue weighted by atomic mass is 10.2. The number of hydrogen-bond acceptors (Lipinski definition) is 5. The number of halogens is 1. The number of fused-ring (bicyclic) bond motifs is 1. The molecule has 1 aromatic heterocycles. The van der Waals surface area contributed by atoms with Gasteiger partial charge in [0.1, 0.15) is 5.82 Å². The second-order valence-electron chi connectivity index (χ2n) is 8.41. The number of thioether (sulfide) groups is 1. The lowest BCUT2D eigenvalue weighted by Gasteiger charge is -2.36. The molecule has 3 aromatic rings. The van der Waals surface area contributed by atoms with Crippen LogP contribution >= 0.6 is 11.8 Å². The first-order valence-corrected chi connectivity index (χ1v) is 12.8. The van der Waals surface area contributed by atoms with Crippen molar-refractivity contribution in [1.29, 1.82) is 0 Å². The van der Waals surface area contributed by atoms with Gasteiger partial charge in [-0.15, -0.1) is 11.8 Å². The van der Waals surface area contributed by atoms with Crippen molar-refractivity contribution in [3.8, 4) is 0 Å². The van der Waals surface area contributed by atoms with Crippen molar-refractivity contribution < 1.29 is 9.18 Å². The highest BCUT2D eigenvalue weighted by atomic mass is 32.2. The third-order valence-electron chi connectivity index (χ3n) is 6.19. The number of piperazine rings is 1. The fourth-order valence-corrected chi connectivity index (χ4v) is 5.26. The van der Waals surface area contributed by atoms with E-state index in [1.54, 1.807) is 10.6 Å². The Labute approximate surface area is 203 Å². The van der Waals surface area contributed by atoms with Gasteiger partial charge in [-0.05, 0) is 50.2 Å². The normalized spacial score (nSPS) is 14.5. The standard InChI is InChI=1S/C26H31FN4O2S/c1-2-31-23-7-4-3-6-22(23)24(18-26(31)33)34-19-25(32)28-12-5-13-29-14-16-30(17-15-29)21-10-8-20(27)9-11-21/h3-4,6-11,18H,2,5,12-17,19H2,1H3,(H,28,32). The number of hydrogen-bond donors (Lipinski definition) is 1. The molecule has 6 nitrogen and oxygen atoms in total. The highest BCUT2D eigenvalue weighted by Crippen LogP contribution is 2.26. The molecular formula is C26H31FN4O2S. The van der Waals surface area contributed by atoms with E-state index < -0.39 is 0 Å². The number of aryl methyl sites for hydroxylation is 1. The number of amides is 1. The number of anilines is 1. The number of rotatable bonds is 9. The van der Waals surface area contributed by atoms with E-state index in [9.17, 15) is 14.0 Å². The van der Waals surface area contributed by atoms with E-state index in [1.165, 1.54) is 23.9 Å². The van der Waals surface area contributed by atoms with Crippen molar-refractivity contribution in [1.82, 2.24) is 14.8 Å². The molecule has 1 saturated heterocycles. The van der Waals surface area contributed by atoms with E-state index in [4.69, 9.17) is 0 Å². The Bertz CT molecular complexity index is 1170. The van der Waals surface area contributed by atoms with Crippen LogP contribution in [0.4, 0.5) is 10.1 Å². The Kier molecular flexibility index (Phi) is 8.24. The van der Waals surface area contributed by atoms with Crippen LogP contribution in [0.2, 0.25) is 0 Å². The van der Waals surface area contributed by atoms with Crippen molar-refractivity contribution >= 4 is 34.3 Å². The first-order chi connectivity index (χ1) is 16.5. The van der Waals surface area contributed by atoms with Gasteiger partial charge in [0.2, 0.25) is 5.91 Å². The molecule has 0 atom stereocenters. The van der Waals surface area contributed by atoms with Crippen LogP contribution in [0.15, 0.2) is 64.3 Å². The van der Waals surface area contributed by atoms with Gasteiger partial charge in [-0.2, -0.15) is 0 Å². The summed E-state index contributed by atoms with van der Waals surface area (Å²) in [4.78, 5) is 30.3. The zero-order valence-electron chi connectivity index (χ0n) is 19.5. The maximum atomic E-state index is 13.1. The van der Waals surface area contributed by atoms with Crippen LogP contribution in [0.1, 0.15) is 13.3 Å². The lowest BCUT2D eigenvalue weighted by Crippen LogP contribution is -2.47. The molecular weight excluding hydrogens is 451 g/mol. The number of pyridine rings is 1. The molecule has 1 aliphatic rings. The minimum absolute atomic E-state index is 0.0186. The minimum Gasteiger partial charge on any atom is -0.369 e. The van der Waals surface area contributed by atoms with Gasteiger partial charge in [0.25, 0.3) is 5.56 Å². The van der Waals surface area contributed by atoms with Crippen molar-refractivity contribution in [2.75, 3.05) is 49.9 Å². The van der Waals surface area contributed by atoms with Crippen molar-refractivity contribution in [3.05, 3.63) is 70.8 Å². The number of carbonyl (C=O) groups excluding carboxylic acids is 1. The van der Waals surface area contributed by atoms with Crippen LogP contribution in [0.3, 0.4) is 0 Å². The smallest absolute Gasteiger partial charge is 0.252 e. The molecule has 8 heteroatoms. The number of para-hydroxylation sites is 1. The van der Waals surface area contributed by atoms with Gasteiger partial charge in [-0.3, -0.25) is 14.5 Å². The molecule has 0 unspecified atom stereocenters. The van der Waals surface area contributed by atoms with Crippen LogP contribution in [-0.2, 0) is 11.3 Å². The van der Waals surface area contributed by atoms with E-state index in [2.05, 4.69) is 15.1 Å². The maximum absolute atomic E-state index is 13.1. The van der Waals surface area contributed by atoms with Crippen LogP contribution in [-0.4, -0.2) is 60.4 Å². The number of aromatic nitrogens is 1. The van der Waals surface area contributed by atoms with Crippen molar-refractivity contribution in [2.45, 2.75) is 24.8 Å². The highest BCUT2D eigenvalue weighted by molar-refractivity contribution is 8.00. The third kappa shape index (κ3) is 5.98. The zero-order chi connectivity index (χ0) is 23.9. The molecule has 2 heterocycles. The summed E-state index contributed by atoms with van der Waals surface area (Å²) in [6.45, 7) is 7.89. The summed E-state index contributed by atoms with van der Waals surface area (Å²) in [6, 6.07) is 16.1. The summed E-state index contributed by atoms with van der Waals surface area (Å²) in [6.07, 6.45) is 0.891. The number of carbonyl (C=O) groups is 1. The Balaban J connectivity index is 1.18. The fourth-order valence-electron chi connectivity index (χ4n) is 4.36. The summed E-state index contributed by atoms with van der Waals surface area (Å²) >= 11 is 1.41. The fraction of sp³-hybridized carbons (Fsp3) is 0.385. The molecule has 0 bridgehead atoms. The molecule has 1 fully saturated rings. The van der Waals surface area contributed by atoms with E-state index in [0.717, 1.165) is 60.6 Å². The van der Waals surface area contributed by atoms with Gasteiger partial charge in [0.05, 0.1) is 11.3 Å². The molecule has 4 rings (SSSR count). The molecule has 0 spiro atoms. The van der Waals surface area contributed by atoms with Crippen LogP contribution in [0.25, 0.3) is 10.9 Å². The van der Waals surface area contributed by atoms with Crippen molar-refractivity contribution in [3.63, 3.8) is 0 Å². The topological polar surface area (TPSA) is 57.6 Å². The van der Waals surface area contributed by atoms with Gasteiger partial charge in [-0.1, -0.05) is 18.2 Å². The molecule has 0 saturated carbocycles. The number of nitrogens with zero attached hydrogens (tertiary/aromatic N) is 3. The molecule has 180 valence electrons.